The van der Waals surface area contributed by atoms with Gasteiger partial charge in [-0.05, 0) is 62.1 Å². The van der Waals surface area contributed by atoms with E-state index in [1.807, 2.05) is 55.5 Å². The first kappa shape index (κ1) is 33.1. The van der Waals surface area contributed by atoms with Gasteiger partial charge in [-0.3, -0.25) is 0 Å². The number of hydrogen-bond acceptors (Lipinski definition) is 7. The van der Waals surface area contributed by atoms with Gasteiger partial charge in [0, 0.05) is 16.6 Å². The van der Waals surface area contributed by atoms with Crippen LogP contribution < -0.4 is 4.74 Å². The van der Waals surface area contributed by atoms with Crippen molar-refractivity contribution in [3.05, 3.63) is 114 Å². The van der Waals surface area contributed by atoms with E-state index in [0.29, 0.717) is 17.1 Å². The van der Waals surface area contributed by atoms with Crippen LogP contribution in [0.25, 0.3) is 0 Å². The summed E-state index contributed by atoms with van der Waals surface area (Å²) in [6, 6.07) is 15.7. The Morgan fingerprint density at radius 1 is 0.756 bits per heavy atom. The summed E-state index contributed by atoms with van der Waals surface area (Å²) in [5.41, 5.74) is 4.04. The Balaban J connectivity index is 2.10. The fourth-order valence-electron chi connectivity index (χ4n) is 3.75. The Bertz CT molecular complexity index is 1250. The average Bonchev–Trinajstić information content (AvgIpc) is 2.92. The van der Waals surface area contributed by atoms with Crippen LogP contribution in [0.15, 0.2) is 97.3 Å². The van der Waals surface area contributed by atoms with Crippen molar-refractivity contribution in [2.45, 2.75) is 59.2 Å². The third-order valence-corrected chi connectivity index (χ3v) is 6.28. The monoisotopic (exact) mass is 562 g/mol. The molecule has 7 heteroatoms. The van der Waals surface area contributed by atoms with E-state index in [9.17, 15) is 9.59 Å². The molecule has 7 nitrogen and oxygen atoms in total. The number of carbonyl (C=O) groups excluding carboxylic acids is 2. The summed E-state index contributed by atoms with van der Waals surface area (Å²) in [6.45, 7) is 26.1. The zero-order valence-electron chi connectivity index (χ0n) is 25.1. The number of benzene rings is 2. The predicted molar refractivity (Wildman–Crippen MR) is 160 cm³/mol. The minimum Gasteiger partial charge on any atom is -0.490 e. The molecule has 0 heterocycles. The normalized spacial score (nSPS) is 12.4. The summed E-state index contributed by atoms with van der Waals surface area (Å²) in [4.78, 5) is 24.1. The number of allylic oxidation sites excluding steroid dienone is 1. The highest BCUT2D eigenvalue weighted by Gasteiger charge is 2.25. The Labute approximate surface area is 244 Å². The van der Waals surface area contributed by atoms with Gasteiger partial charge in [0.2, 0.25) is 0 Å². The summed E-state index contributed by atoms with van der Waals surface area (Å²) in [6.07, 6.45) is -1.20. The van der Waals surface area contributed by atoms with Crippen molar-refractivity contribution in [3.63, 3.8) is 0 Å². The second-order valence-corrected chi connectivity index (χ2v) is 10.6. The molecule has 2 aromatic carbocycles. The van der Waals surface area contributed by atoms with Crippen molar-refractivity contribution in [2.75, 3.05) is 20.0 Å². The molecule has 0 aliphatic heterocycles. The van der Waals surface area contributed by atoms with Gasteiger partial charge in [0.15, 0.2) is 12.9 Å². The third-order valence-electron chi connectivity index (χ3n) is 6.28. The molecule has 0 saturated carbocycles. The highest BCUT2D eigenvalue weighted by atomic mass is 16.7. The first-order valence-electron chi connectivity index (χ1n) is 13.3. The maximum atomic E-state index is 12.1. The fourth-order valence-corrected chi connectivity index (χ4v) is 3.75. The lowest BCUT2D eigenvalue weighted by Crippen LogP contribution is -2.30. The van der Waals surface area contributed by atoms with Crippen LogP contribution >= 0.6 is 0 Å². The van der Waals surface area contributed by atoms with Gasteiger partial charge in [-0.25, -0.2) is 9.59 Å². The molecule has 41 heavy (non-hydrogen) atoms. The van der Waals surface area contributed by atoms with Crippen LogP contribution in [0.3, 0.4) is 0 Å². The standard InChI is InChI=1S/C34H42O7/c1-22(2)31(41-33(36)24(5)6)26-11-13-27(14-12-26)34(9,10)28-15-17-29(18-16-28)38-20-30(40-32(35)23(3)4)19-37-21-39-25(7)8/h11-18,30-31H,1,3,5,7,19-21H2,2,4,6,8-10H3. The van der Waals surface area contributed by atoms with Gasteiger partial charge in [0.25, 0.3) is 0 Å². The molecular weight excluding hydrogens is 520 g/mol. The van der Waals surface area contributed by atoms with Gasteiger partial charge >= 0.3 is 11.9 Å². The van der Waals surface area contributed by atoms with Gasteiger partial charge in [-0.2, -0.15) is 0 Å². The molecule has 0 radical (unpaired) electrons. The summed E-state index contributed by atoms with van der Waals surface area (Å²) in [5.74, 6) is 0.179. The van der Waals surface area contributed by atoms with Gasteiger partial charge < -0.3 is 23.7 Å². The van der Waals surface area contributed by atoms with Crippen molar-refractivity contribution in [2.24, 2.45) is 0 Å². The molecule has 2 atom stereocenters. The van der Waals surface area contributed by atoms with Crippen LogP contribution in [0.4, 0.5) is 0 Å². The van der Waals surface area contributed by atoms with Gasteiger partial charge in [-0.15, -0.1) is 0 Å². The Hall–Kier alpha value is -4.10. The Morgan fingerprint density at radius 2 is 1.27 bits per heavy atom. The van der Waals surface area contributed by atoms with Crippen molar-refractivity contribution in [3.8, 4) is 5.75 Å². The van der Waals surface area contributed by atoms with E-state index in [2.05, 4.69) is 40.2 Å². The number of carbonyl (C=O) groups is 2. The lowest BCUT2D eigenvalue weighted by Gasteiger charge is -2.27. The van der Waals surface area contributed by atoms with Crippen LogP contribution in [0.2, 0.25) is 0 Å². The van der Waals surface area contributed by atoms with Crippen LogP contribution in [0.5, 0.6) is 5.75 Å². The molecule has 220 valence electrons. The lowest BCUT2D eigenvalue weighted by molar-refractivity contribution is -0.152. The van der Waals surface area contributed by atoms with Crippen molar-refractivity contribution >= 4 is 11.9 Å². The molecule has 0 aliphatic carbocycles. The second-order valence-electron chi connectivity index (χ2n) is 10.6. The molecule has 0 saturated heterocycles. The quantitative estimate of drug-likeness (QED) is 0.0537. The predicted octanol–water partition coefficient (Wildman–Crippen LogP) is 7.14. The van der Waals surface area contributed by atoms with Crippen molar-refractivity contribution in [1.82, 2.24) is 0 Å². The maximum Gasteiger partial charge on any atom is 0.334 e. The molecule has 2 rings (SSSR count). The smallest absolute Gasteiger partial charge is 0.334 e. The van der Waals surface area contributed by atoms with Crippen LogP contribution in [0, 0.1) is 0 Å². The van der Waals surface area contributed by atoms with Crippen LogP contribution in [0.1, 0.15) is 64.3 Å². The lowest BCUT2D eigenvalue weighted by atomic mass is 9.78. The third kappa shape index (κ3) is 10.1. The topological polar surface area (TPSA) is 80.3 Å². The van der Waals surface area contributed by atoms with E-state index < -0.39 is 24.1 Å². The summed E-state index contributed by atoms with van der Waals surface area (Å²) < 4.78 is 27.6. The average molecular weight is 563 g/mol. The van der Waals surface area contributed by atoms with Crippen molar-refractivity contribution < 1.29 is 33.3 Å². The second kappa shape index (κ2) is 15.1. The van der Waals surface area contributed by atoms with E-state index in [0.717, 1.165) is 22.3 Å². The molecular formula is C34H42O7. The summed E-state index contributed by atoms with van der Waals surface area (Å²) in [7, 11) is 0. The van der Waals surface area contributed by atoms with E-state index >= 15 is 0 Å². The van der Waals surface area contributed by atoms with E-state index in [-0.39, 0.29) is 31.0 Å². The number of hydrogen-bond donors (Lipinski definition) is 0. The van der Waals surface area contributed by atoms with E-state index in [1.54, 1.807) is 20.8 Å². The van der Waals surface area contributed by atoms with E-state index in [4.69, 9.17) is 23.7 Å². The minimum absolute atomic E-state index is 0.00525. The summed E-state index contributed by atoms with van der Waals surface area (Å²) in [5, 5.41) is 0. The fraction of sp³-hybridized carbons (Fsp3) is 0.353. The number of ether oxygens (including phenoxy) is 5. The summed E-state index contributed by atoms with van der Waals surface area (Å²) >= 11 is 0. The van der Waals surface area contributed by atoms with Crippen LogP contribution in [-0.2, 0) is 34.0 Å². The molecule has 2 aromatic rings. The molecule has 0 spiro atoms. The molecule has 2 unspecified atom stereocenters. The van der Waals surface area contributed by atoms with Crippen LogP contribution in [-0.4, -0.2) is 38.0 Å². The highest BCUT2D eigenvalue weighted by Crippen LogP contribution is 2.34. The van der Waals surface area contributed by atoms with Crippen molar-refractivity contribution in [1.29, 1.82) is 0 Å². The molecule has 0 fully saturated rings. The molecule has 0 N–H and O–H groups in total. The molecule has 0 aromatic heterocycles. The maximum absolute atomic E-state index is 12.1. The van der Waals surface area contributed by atoms with Gasteiger partial charge in [0.1, 0.15) is 18.5 Å². The highest BCUT2D eigenvalue weighted by molar-refractivity contribution is 5.87. The largest absolute Gasteiger partial charge is 0.490 e. The molecule has 0 aliphatic rings. The van der Waals surface area contributed by atoms with E-state index in [1.165, 1.54) is 0 Å². The Kier molecular flexibility index (Phi) is 12.2. The zero-order valence-corrected chi connectivity index (χ0v) is 25.1. The van der Waals surface area contributed by atoms with Gasteiger partial charge in [0.05, 0.1) is 12.4 Å². The molecule has 0 amide bonds. The number of rotatable bonds is 16. The zero-order chi connectivity index (χ0) is 30.7. The number of esters is 2. The minimum atomic E-state index is -0.653. The first-order chi connectivity index (χ1) is 19.2. The molecule has 0 bridgehead atoms. The van der Waals surface area contributed by atoms with Gasteiger partial charge in [-0.1, -0.05) is 76.6 Å². The SMILES string of the molecule is C=C(C)OCOCC(COc1ccc(C(C)(C)c2ccc(C(OC(=O)C(=C)C)C(=C)C)cc2)cc1)OC(=O)C(=C)C. The Morgan fingerprint density at radius 3 is 1.76 bits per heavy atom. The first-order valence-corrected chi connectivity index (χ1v) is 13.3.